The first-order valence-electron chi connectivity index (χ1n) is 5.78. The Kier molecular flexibility index (Phi) is 7.14. The van der Waals surface area contributed by atoms with Crippen molar-refractivity contribution in [3.05, 3.63) is 0 Å². The topological polar surface area (TPSA) is 75.4 Å². The van der Waals surface area contributed by atoms with Crippen molar-refractivity contribution in [3.8, 4) is 0 Å². The molecule has 1 atom stereocenters. The van der Waals surface area contributed by atoms with Gasteiger partial charge in [-0.1, -0.05) is 20.8 Å². The van der Waals surface area contributed by atoms with Gasteiger partial charge >= 0.3 is 0 Å². The molecule has 0 radical (unpaired) electrons. The highest BCUT2D eigenvalue weighted by molar-refractivity contribution is 7.87. The van der Waals surface area contributed by atoms with Gasteiger partial charge in [-0.15, -0.1) is 0 Å². The van der Waals surface area contributed by atoms with E-state index in [9.17, 15) is 8.42 Å². The van der Waals surface area contributed by atoms with Crippen LogP contribution in [0.15, 0.2) is 0 Å². The minimum atomic E-state index is -3.36. The van der Waals surface area contributed by atoms with Gasteiger partial charge in [-0.25, -0.2) is 0 Å². The molecule has 0 aliphatic heterocycles. The van der Waals surface area contributed by atoms with E-state index >= 15 is 0 Å². The third-order valence-corrected chi connectivity index (χ3v) is 4.24. The Labute approximate surface area is 99.6 Å². The van der Waals surface area contributed by atoms with Gasteiger partial charge in [-0.05, 0) is 25.3 Å². The van der Waals surface area contributed by atoms with Crippen molar-refractivity contribution in [2.45, 2.75) is 39.7 Å². The van der Waals surface area contributed by atoms with Gasteiger partial charge in [0, 0.05) is 19.6 Å². The third-order valence-electron chi connectivity index (χ3n) is 2.63. The van der Waals surface area contributed by atoms with Crippen molar-refractivity contribution in [3.63, 3.8) is 0 Å². The van der Waals surface area contributed by atoms with Crippen molar-refractivity contribution < 1.29 is 8.42 Å². The summed E-state index contributed by atoms with van der Waals surface area (Å²) in [4.78, 5) is 0. The summed E-state index contributed by atoms with van der Waals surface area (Å²) in [6.07, 6.45) is 1.47. The predicted molar refractivity (Wildman–Crippen MR) is 67.3 cm³/mol. The summed E-state index contributed by atoms with van der Waals surface area (Å²) in [5.74, 6) is 0.294. The number of rotatable bonds is 8. The number of hydrogen-bond donors (Lipinski definition) is 2. The fraction of sp³-hybridized carbons (Fsp3) is 1.00. The normalized spacial score (nSPS) is 14.7. The second-order valence-corrected chi connectivity index (χ2v) is 6.15. The highest BCUT2D eigenvalue weighted by Crippen LogP contribution is 2.08. The first kappa shape index (κ1) is 15.8. The fourth-order valence-corrected chi connectivity index (χ4v) is 2.78. The summed E-state index contributed by atoms with van der Waals surface area (Å²) in [5, 5.41) is 0. The molecule has 0 bridgehead atoms. The molecule has 0 aromatic carbocycles. The standard InChI is InChI=1S/C10H25N3O2S/c1-5-10(9(2)3)12-16(14,15)13(4)8-6-7-11/h9-10,12H,5-8,11H2,1-4H3. The fourth-order valence-electron chi connectivity index (χ4n) is 1.41. The third kappa shape index (κ3) is 5.25. The summed E-state index contributed by atoms with van der Waals surface area (Å²) in [6, 6.07) is -0.00896. The number of nitrogens with two attached hydrogens (primary N) is 1. The second-order valence-electron chi connectivity index (χ2n) is 4.35. The van der Waals surface area contributed by atoms with E-state index in [-0.39, 0.29) is 6.04 Å². The number of nitrogens with zero attached hydrogens (tertiary/aromatic N) is 1. The average molecular weight is 251 g/mol. The van der Waals surface area contributed by atoms with Gasteiger partial charge in [0.2, 0.25) is 0 Å². The van der Waals surface area contributed by atoms with Crippen LogP contribution in [0.1, 0.15) is 33.6 Å². The molecule has 0 aromatic rings. The largest absolute Gasteiger partial charge is 0.330 e. The zero-order chi connectivity index (χ0) is 12.8. The number of nitrogens with one attached hydrogen (secondary N) is 1. The first-order chi connectivity index (χ1) is 7.35. The molecule has 0 rings (SSSR count). The first-order valence-corrected chi connectivity index (χ1v) is 7.22. The van der Waals surface area contributed by atoms with E-state index in [0.717, 1.165) is 6.42 Å². The molecule has 0 saturated carbocycles. The minimum absolute atomic E-state index is 0.00896. The Morgan fingerprint density at radius 3 is 2.31 bits per heavy atom. The van der Waals surface area contributed by atoms with E-state index in [1.165, 1.54) is 4.31 Å². The molecule has 98 valence electrons. The molecule has 0 saturated heterocycles. The Hall–Kier alpha value is -0.170. The molecule has 0 aliphatic rings. The van der Waals surface area contributed by atoms with E-state index in [1.54, 1.807) is 7.05 Å². The van der Waals surface area contributed by atoms with Crippen molar-refractivity contribution >= 4 is 10.2 Å². The highest BCUT2D eigenvalue weighted by Gasteiger charge is 2.22. The molecule has 16 heavy (non-hydrogen) atoms. The summed E-state index contributed by atoms with van der Waals surface area (Å²) in [5.41, 5.74) is 5.35. The van der Waals surface area contributed by atoms with E-state index in [2.05, 4.69) is 4.72 Å². The van der Waals surface area contributed by atoms with Crippen LogP contribution >= 0.6 is 0 Å². The molecule has 0 amide bonds. The molecule has 0 heterocycles. The summed E-state index contributed by atoms with van der Waals surface area (Å²) >= 11 is 0. The van der Waals surface area contributed by atoms with Gasteiger partial charge in [-0.2, -0.15) is 17.4 Å². The molecule has 3 N–H and O–H groups in total. The number of hydrogen-bond acceptors (Lipinski definition) is 3. The zero-order valence-corrected chi connectivity index (χ0v) is 11.5. The lowest BCUT2D eigenvalue weighted by Gasteiger charge is -2.24. The summed E-state index contributed by atoms with van der Waals surface area (Å²) in [6.45, 7) is 6.96. The maximum absolute atomic E-state index is 11.9. The van der Waals surface area contributed by atoms with Crippen molar-refractivity contribution in [1.82, 2.24) is 9.03 Å². The summed E-state index contributed by atoms with van der Waals surface area (Å²) < 4.78 is 27.8. The van der Waals surface area contributed by atoms with Gasteiger partial charge in [0.05, 0.1) is 0 Å². The van der Waals surface area contributed by atoms with Gasteiger partial charge in [0.25, 0.3) is 10.2 Å². The second kappa shape index (κ2) is 7.21. The van der Waals surface area contributed by atoms with Crippen LogP contribution in [0.5, 0.6) is 0 Å². The van der Waals surface area contributed by atoms with Gasteiger partial charge in [-0.3, -0.25) is 0 Å². The smallest absolute Gasteiger partial charge is 0.279 e. The van der Waals surface area contributed by atoms with E-state index in [4.69, 9.17) is 5.73 Å². The lowest BCUT2D eigenvalue weighted by Crippen LogP contribution is -2.45. The van der Waals surface area contributed by atoms with E-state index in [1.807, 2.05) is 20.8 Å². The molecular formula is C10H25N3O2S. The SMILES string of the molecule is CCC(NS(=O)(=O)N(C)CCCN)C(C)C. The molecule has 1 unspecified atom stereocenters. The van der Waals surface area contributed by atoms with Gasteiger partial charge in [0.1, 0.15) is 0 Å². The van der Waals surface area contributed by atoms with Crippen molar-refractivity contribution in [2.75, 3.05) is 20.1 Å². The van der Waals surface area contributed by atoms with Crippen LogP contribution in [0.3, 0.4) is 0 Å². The Morgan fingerprint density at radius 2 is 1.94 bits per heavy atom. The van der Waals surface area contributed by atoms with E-state index < -0.39 is 10.2 Å². The van der Waals surface area contributed by atoms with Crippen molar-refractivity contribution in [1.29, 1.82) is 0 Å². The van der Waals surface area contributed by atoms with Crippen LogP contribution in [0.4, 0.5) is 0 Å². The van der Waals surface area contributed by atoms with Crippen molar-refractivity contribution in [2.24, 2.45) is 11.7 Å². The van der Waals surface area contributed by atoms with Crippen LogP contribution < -0.4 is 10.5 Å². The van der Waals surface area contributed by atoms with E-state index in [0.29, 0.717) is 25.4 Å². The predicted octanol–water partition coefficient (Wildman–Crippen LogP) is 0.536. The average Bonchev–Trinajstić information content (AvgIpc) is 2.21. The van der Waals surface area contributed by atoms with Gasteiger partial charge < -0.3 is 5.73 Å². The molecule has 6 heteroatoms. The van der Waals surface area contributed by atoms with Crippen LogP contribution in [-0.2, 0) is 10.2 Å². The van der Waals surface area contributed by atoms with Crippen LogP contribution in [0.2, 0.25) is 0 Å². The lowest BCUT2D eigenvalue weighted by atomic mass is 10.0. The van der Waals surface area contributed by atoms with Crippen LogP contribution in [0, 0.1) is 5.92 Å². The van der Waals surface area contributed by atoms with Crippen LogP contribution in [0.25, 0.3) is 0 Å². The molecule has 0 aliphatic carbocycles. The Bertz CT molecular complexity index is 278. The lowest BCUT2D eigenvalue weighted by molar-refractivity contribution is 0.402. The molecule has 5 nitrogen and oxygen atoms in total. The Balaban J connectivity index is 4.42. The maximum Gasteiger partial charge on any atom is 0.279 e. The maximum atomic E-state index is 11.9. The molecule has 0 fully saturated rings. The zero-order valence-electron chi connectivity index (χ0n) is 10.7. The molecule has 0 aromatic heterocycles. The quantitative estimate of drug-likeness (QED) is 0.661. The minimum Gasteiger partial charge on any atom is -0.330 e. The summed E-state index contributed by atoms with van der Waals surface area (Å²) in [7, 11) is -1.79. The van der Waals surface area contributed by atoms with Crippen LogP contribution in [-0.4, -0.2) is 38.9 Å². The molecule has 0 spiro atoms. The Morgan fingerprint density at radius 1 is 1.38 bits per heavy atom. The molecular weight excluding hydrogens is 226 g/mol. The highest BCUT2D eigenvalue weighted by atomic mass is 32.2. The van der Waals surface area contributed by atoms with Gasteiger partial charge in [0.15, 0.2) is 0 Å². The monoisotopic (exact) mass is 251 g/mol.